The van der Waals surface area contributed by atoms with Gasteiger partial charge >= 0.3 is 0 Å². The average molecular weight is 498 g/mol. The molecular weight excluding hydrogens is 462 g/mol. The van der Waals surface area contributed by atoms with E-state index in [9.17, 15) is 15.0 Å². The molecule has 1 saturated carbocycles. The van der Waals surface area contributed by atoms with Crippen molar-refractivity contribution in [1.29, 1.82) is 0 Å². The highest BCUT2D eigenvalue weighted by Crippen LogP contribution is 2.53. The standard InChI is InChI=1S/C28H36ClN3O3/c1-19-15-24(29)25(33)17-23(19)27-8-12-31(26(34)16-22-5-3-4-11-30-22)14-10-28(27,35)20(2)32(13-9-27)18-21-6-7-21/h3-5,11,15,17,20-21,33,35H,6-10,12-14,16,18H2,1-2H3. The number of nitrogens with zero attached hydrogens (tertiary/aromatic N) is 3. The number of halogens is 1. The maximum Gasteiger partial charge on any atom is 0.228 e. The molecule has 1 aromatic carbocycles. The lowest BCUT2D eigenvalue weighted by molar-refractivity contribution is -0.137. The van der Waals surface area contributed by atoms with Gasteiger partial charge in [0.25, 0.3) is 0 Å². The van der Waals surface area contributed by atoms with E-state index in [2.05, 4.69) is 16.8 Å². The summed E-state index contributed by atoms with van der Waals surface area (Å²) >= 11 is 6.24. The number of hydrogen-bond acceptors (Lipinski definition) is 5. The number of amides is 1. The summed E-state index contributed by atoms with van der Waals surface area (Å²) in [4.78, 5) is 21.9. The van der Waals surface area contributed by atoms with Crippen molar-refractivity contribution in [2.24, 2.45) is 5.92 Å². The third kappa shape index (κ3) is 4.45. The van der Waals surface area contributed by atoms with Crippen LogP contribution in [0.4, 0.5) is 0 Å². The average Bonchev–Trinajstić information content (AvgIpc) is 3.67. The first-order valence-corrected chi connectivity index (χ1v) is 13.2. The molecule has 3 heterocycles. The van der Waals surface area contributed by atoms with Gasteiger partial charge in [0.15, 0.2) is 0 Å². The van der Waals surface area contributed by atoms with Crippen LogP contribution in [0.5, 0.6) is 5.75 Å². The zero-order valence-corrected chi connectivity index (χ0v) is 21.5. The van der Waals surface area contributed by atoms with Crippen molar-refractivity contribution in [3.8, 4) is 5.75 Å². The molecule has 1 aromatic heterocycles. The molecule has 5 rings (SSSR count). The molecule has 35 heavy (non-hydrogen) atoms. The first kappa shape index (κ1) is 24.5. The maximum atomic E-state index is 13.3. The van der Waals surface area contributed by atoms with Crippen molar-refractivity contribution in [1.82, 2.24) is 14.8 Å². The molecule has 3 aliphatic rings. The summed E-state index contributed by atoms with van der Waals surface area (Å²) in [5, 5.41) is 23.5. The fourth-order valence-corrected chi connectivity index (χ4v) is 6.78. The van der Waals surface area contributed by atoms with Crippen molar-refractivity contribution in [2.75, 3.05) is 26.2 Å². The molecule has 6 nitrogen and oxygen atoms in total. The molecule has 2 aliphatic heterocycles. The number of likely N-dealkylation sites (tertiary alicyclic amines) is 2. The van der Waals surface area contributed by atoms with E-state index in [1.165, 1.54) is 12.8 Å². The predicted molar refractivity (Wildman–Crippen MR) is 137 cm³/mol. The fourth-order valence-electron chi connectivity index (χ4n) is 6.56. The Bertz CT molecular complexity index is 1090. The van der Waals surface area contributed by atoms with E-state index in [0.717, 1.165) is 42.2 Å². The number of phenolic OH excluding ortho intramolecular Hbond substituents is 1. The van der Waals surface area contributed by atoms with Crippen LogP contribution in [-0.4, -0.2) is 68.7 Å². The molecule has 1 aliphatic carbocycles. The quantitative estimate of drug-likeness (QED) is 0.650. The molecule has 7 heteroatoms. The molecule has 188 valence electrons. The van der Waals surface area contributed by atoms with Crippen LogP contribution in [0.2, 0.25) is 5.02 Å². The van der Waals surface area contributed by atoms with Gasteiger partial charge in [0.1, 0.15) is 5.75 Å². The Morgan fingerprint density at radius 1 is 1.17 bits per heavy atom. The smallest absolute Gasteiger partial charge is 0.228 e. The maximum absolute atomic E-state index is 13.3. The molecule has 1 amide bonds. The van der Waals surface area contributed by atoms with Crippen LogP contribution in [0.3, 0.4) is 0 Å². The number of pyridine rings is 1. The Hall–Kier alpha value is -2.15. The Labute approximate surface area is 212 Å². The van der Waals surface area contributed by atoms with Crippen molar-refractivity contribution in [2.45, 2.75) is 69.4 Å². The van der Waals surface area contributed by atoms with Gasteiger partial charge in [-0.25, -0.2) is 0 Å². The van der Waals surface area contributed by atoms with Gasteiger partial charge in [-0.2, -0.15) is 0 Å². The Kier molecular flexibility index (Phi) is 6.58. The monoisotopic (exact) mass is 497 g/mol. The van der Waals surface area contributed by atoms with Gasteiger partial charge in [0.2, 0.25) is 5.91 Å². The van der Waals surface area contributed by atoms with Gasteiger partial charge in [-0.15, -0.1) is 0 Å². The molecule has 0 bridgehead atoms. The van der Waals surface area contributed by atoms with E-state index in [1.807, 2.05) is 30.0 Å². The van der Waals surface area contributed by atoms with Crippen molar-refractivity contribution < 1.29 is 15.0 Å². The van der Waals surface area contributed by atoms with Crippen LogP contribution in [-0.2, 0) is 16.6 Å². The molecule has 3 atom stereocenters. The van der Waals surface area contributed by atoms with Crippen LogP contribution in [0.1, 0.15) is 55.8 Å². The summed E-state index contributed by atoms with van der Waals surface area (Å²) in [6.07, 6.45) is 6.43. The highest BCUT2D eigenvalue weighted by atomic mass is 35.5. The molecule has 2 N–H and O–H groups in total. The van der Waals surface area contributed by atoms with E-state index in [-0.39, 0.29) is 24.1 Å². The van der Waals surface area contributed by atoms with Crippen LogP contribution in [0.25, 0.3) is 0 Å². The van der Waals surface area contributed by atoms with Crippen LogP contribution in [0, 0.1) is 12.8 Å². The number of phenols is 1. The molecule has 0 radical (unpaired) electrons. The number of carbonyl (C=O) groups is 1. The van der Waals surface area contributed by atoms with E-state index >= 15 is 0 Å². The van der Waals surface area contributed by atoms with Crippen molar-refractivity contribution in [3.63, 3.8) is 0 Å². The second-order valence-corrected chi connectivity index (χ2v) is 11.3. The normalized spacial score (nSPS) is 29.5. The predicted octanol–water partition coefficient (Wildman–Crippen LogP) is 4.09. The second kappa shape index (κ2) is 9.38. The Morgan fingerprint density at radius 2 is 1.91 bits per heavy atom. The number of aromatic hydroxyl groups is 1. The third-order valence-electron chi connectivity index (χ3n) is 8.87. The van der Waals surface area contributed by atoms with Gasteiger partial charge in [-0.1, -0.05) is 17.7 Å². The lowest BCUT2D eigenvalue weighted by atomic mass is 9.57. The zero-order valence-electron chi connectivity index (χ0n) is 20.7. The summed E-state index contributed by atoms with van der Waals surface area (Å²) in [7, 11) is 0. The lowest BCUT2D eigenvalue weighted by Gasteiger charge is -2.57. The minimum Gasteiger partial charge on any atom is -0.506 e. The van der Waals surface area contributed by atoms with E-state index in [4.69, 9.17) is 11.6 Å². The fraction of sp³-hybridized carbons (Fsp3) is 0.571. The van der Waals surface area contributed by atoms with Gasteiger partial charge < -0.3 is 15.1 Å². The van der Waals surface area contributed by atoms with Crippen molar-refractivity contribution in [3.05, 3.63) is 58.4 Å². The number of carbonyl (C=O) groups excluding carboxylic acids is 1. The number of fused-ring (bicyclic) bond motifs is 1. The van der Waals surface area contributed by atoms with Crippen LogP contribution >= 0.6 is 11.6 Å². The van der Waals surface area contributed by atoms with E-state index in [0.29, 0.717) is 31.0 Å². The molecular formula is C28H36ClN3O3. The number of piperidine rings is 1. The number of rotatable bonds is 5. The van der Waals surface area contributed by atoms with E-state index < -0.39 is 11.0 Å². The number of hydrogen-bond donors (Lipinski definition) is 2. The summed E-state index contributed by atoms with van der Waals surface area (Å²) in [6, 6.07) is 9.13. The topological polar surface area (TPSA) is 76.9 Å². The van der Waals surface area contributed by atoms with Gasteiger partial charge in [-0.05, 0) is 93.8 Å². The second-order valence-electron chi connectivity index (χ2n) is 10.9. The van der Waals surface area contributed by atoms with Crippen LogP contribution < -0.4 is 0 Å². The number of aliphatic hydroxyl groups is 1. The third-order valence-corrected chi connectivity index (χ3v) is 9.18. The first-order chi connectivity index (χ1) is 16.7. The molecule has 2 saturated heterocycles. The molecule has 2 aromatic rings. The molecule has 3 unspecified atom stereocenters. The SMILES string of the molecule is Cc1cc(Cl)c(O)cc1C12CCN(C(=O)Cc3ccccn3)CCC1(O)C(C)N(CC1CC1)CC2. The summed E-state index contributed by atoms with van der Waals surface area (Å²) < 4.78 is 0. The molecule has 3 fully saturated rings. The molecule has 0 spiro atoms. The van der Waals surface area contributed by atoms with Gasteiger partial charge in [-0.3, -0.25) is 14.7 Å². The Morgan fingerprint density at radius 3 is 2.63 bits per heavy atom. The lowest BCUT2D eigenvalue weighted by Crippen LogP contribution is -2.68. The highest BCUT2D eigenvalue weighted by molar-refractivity contribution is 6.32. The minimum atomic E-state index is -1.04. The minimum absolute atomic E-state index is 0.0410. The highest BCUT2D eigenvalue weighted by Gasteiger charge is 2.60. The van der Waals surface area contributed by atoms with Crippen LogP contribution in [0.15, 0.2) is 36.5 Å². The summed E-state index contributed by atoms with van der Waals surface area (Å²) in [6.45, 7) is 7.13. The summed E-state index contributed by atoms with van der Waals surface area (Å²) in [5.41, 5.74) is 1.08. The van der Waals surface area contributed by atoms with Crippen molar-refractivity contribution >= 4 is 17.5 Å². The van der Waals surface area contributed by atoms with E-state index in [1.54, 1.807) is 18.3 Å². The van der Waals surface area contributed by atoms with Gasteiger partial charge in [0, 0.05) is 43.0 Å². The largest absolute Gasteiger partial charge is 0.506 e. The zero-order chi connectivity index (χ0) is 24.8. The number of aromatic nitrogens is 1. The van der Waals surface area contributed by atoms with Gasteiger partial charge in [0.05, 0.1) is 17.0 Å². The first-order valence-electron chi connectivity index (χ1n) is 12.9. The summed E-state index contributed by atoms with van der Waals surface area (Å²) in [5.74, 6) is 0.820. The Balaban J connectivity index is 1.50. The number of benzene rings is 1. The number of aryl methyl sites for hydroxylation is 1.